The number of ether oxygens (including phenoxy) is 1. The highest BCUT2D eigenvalue weighted by molar-refractivity contribution is 9.10. The van der Waals surface area contributed by atoms with E-state index in [1.807, 2.05) is 0 Å². The molecule has 0 spiro atoms. The Morgan fingerprint density at radius 1 is 1.53 bits per heavy atom. The first kappa shape index (κ1) is 12.4. The van der Waals surface area contributed by atoms with Crippen molar-refractivity contribution >= 4 is 21.9 Å². The summed E-state index contributed by atoms with van der Waals surface area (Å²) >= 11 is 3.33. The van der Waals surface area contributed by atoms with Crippen LogP contribution in [-0.4, -0.2) is 23.6 Å². The lowest BCUT2D eigenvalue weighted by Crippen LogP contribution is -2.06. The summed E-state index contributed by atoms with van der Waals surface area (Å²) in [7, 11) is 1.60. The Bertz CT molecular complexity index is 420. The molecular formula is C12H16BrN3O. The number of aromatic nitrogens is 2. The quantitative estimate of drug-likeness (QED) is 0.848. The lowest BCUT2D eigenvalue weighted by Gasteiger charge is -2.07. The summed E-state index contributed by atoms with van der Waals surface area (Å²) in [5.41, 5.74) is 1.54. The van der Waals surface area contributed by atoms with E-state index in [0.29, 0.717) is 11.8 Å². The van der Waals surface area contributed by atoms with Gasteiger partial charge in [0.15, 0.2) is 0 Å². The third kappa shape index (κ3) is 3.43. The molecule has 0 aromatic carbocycles. The normalized spacial score (nSPS) is 14.6. The van der Waals surface area contributed by atoms with Gasteiger partial charge in [-0.15, -0.1) is 0 Å². The highest BCUT2D eigenvalue weighted by Gasteiger charge is 2.06. The van der Waals surface area contributed by atoms with Crippen molar-refractivity contribution < 1.29 is 4.74 Å². The largest absolute Gasteiger partial charge is 0.480 e. The van der Waals surface area contributed by atoms with Crippen LogP contribution in [0.4, 0.5) is 5.95 Å². The Morgan fingerprint density at radius 2 is 2.41 bits per heavy atom. The Labute approximate surface area is 110 Å². The molecule has 0 saturated heterocycles. The van der Waals surface area contributed by atoms with Crippen molar-refractivity contribution in [3.05, 3.63) is 22.3 Å². The van der Waals surface area contributed by atoms with Gasteiger partial charge in [-0.25, -0.2) is 4.98 Å². The van der Waals surface area contributed by atoms with E-state index in [4.69, 9.17) is 4.74 Å². The van der Waals surface area contributed by atoms with Crippen molar-refractivity contribution in [3.63, 3.8) is 0 Å². The summed E-state index contributed by atoms with van der Waals surface area (Å²) in [4.78, 5) is 8.43. The average Bonchev–Trinajstić information content (AvgIpc) is 2.84. The summed E-state index contributed by atoms with van der Waals surface area (Å²) < 4.78 is 5.88. The van der Waals surface area contributed by atoms with Gasteiger partial charge in [-0.3, -0.25) is 0 Å². The number of methoxy groups -OCH3 is 1. The van der Waals surface area contributed by atoms with Crippen LogP contribution >= 0.6 is 15.9 Å². The van der Waals surface area contributed by atoms with Crippen molar-refractivity contribution in [3.8, 4) is 5.88 Å². The van der Waals surface area contributed by atoms with Crippen molar-refractivity contribution in [1.82, 2.24) is 9.97 Å². The molecule has 0 aliphatic heterocycles. The number of hydrogen-bond acceptors (Lipinski definition) is 4. The molecule has 0 unspecified atom stereocenters. The molecular weight excluding hydrogens is 282 g/mol. The highest BCUT2D eigenvalue weighted by atomic mass is 79.9. The Hall–Kier alpha value is -1.10. The van der Waals surface area contributed by atoms with Crippen LogP contribution in [0.2, 0.25) is 0 Å². The van der Waals surface area contributed by atoms with Gasteiger partial charge in [-0.1, -0.05) is 11.6 Å². The van der Waals surface area contributed by atoms with Crippen LogP contribution in [0.15, 0.2) is 22.3 Å². The van der Waals surface area contributed by atoms with Crippen LogP contribution in [0, 0.1) is 0 Å². The van der Waals surface area contributed by atoms with Gasteiger partial charge in [0.05, 0.1) is 17.8 Å². The number of halogens is 1. The minimum absolute atomic E-state index is 0.558. The van der Waals surface area contributed by atoms with Gasteiger partial charge in [-0.2, -0.15) is 4.98 Å². The van der Waals surface area contributed by atoms with Gasteiger partial charge >= 0.3 is 0 Å². The van der Waals surface area contributed by atoms with E-state index in [0.717, 1.165) is 17.4 Å². The Kier molecular flexibility index (Phi) is 4.36. The number of nitrogens with zero attached hydrogens (tertiary/aromatic N) is 2. The van der Waals surface area contributed by atoms with Gasteiger partial charge in [0, 0.05) is 6.54 Å². The fourth-order valence-corrected chi connectivity index (χ4v) is 2.23. The molecule has 1 aliphatic rings. The minimum atomic E-state index is 0.558. The Balaban J connectivity index is 1.86. The second kappa shape index (κ2) is 6.00. The number of nitrogens with one attached hydrogen (secondary N) is 1. The molecule has 1 N–H and O–H groups in total. The van der Waals surface area contributed by atoms with E-state index < -0.39 is 0 Å². The smallest absolute Gasteiger partial charge is 0.232 e. The first-order valence-electron chi connectivity index (χ1n) is 5.78. The SMILES string of the molecule is COc1nc(NCCC2=CCCC2)ncc1Br. The average molecular weight is 298 g/mol. The second-order valence-electron chi connectivity index (χ2n) is 3.98. The lowest BCUT2D eigenvalue weighted by molar-refractivity contribution is 0.394. The van der Waals surface area contributed by atoms with E-state index in [1.165, 1.54) is 19.3 Å². The van der Waals surface area contributed by atoms with Crippen LogP contribution in [0.1, 0.15) is 25.7 Å². The van der Waals surface area contributed by atoms with Gasteiger partial charge in [0.2, 0.25) is 11.8 Å². The molecule has 0 radical (unpaired) electrons. The molecule has 1 aliphatic carbocycles. The maximum Gasteiger partial charge on any atom is 0.232 e. The van der Waals surface area contributed by atoms with Crippen LogP contribution in [-0.2, 0) is 0 Å². The lowest BCUT2D eigenvalue weighted by atomic mass is 10.2. The predicted molar refractivity (Wildman–Crippen MR) is 71.3 cm³/mol. The Morgan fingerprint density at radius 3 is 3.12 bits per heavy atom. The van der Waals surface area contributed by atoms with Crippen LogP contribution < -0.4 is 10.1 Å². The molecule has 1 aromatic rings. The van der Waals surface area contributed by atoms with Crippen molar-refractivity contribution in [2.45, 2.75) is 25.7 Å². The van der Waals surface area contributed by atoms with E-state index in [1.54, 1.807) is 18.9 Å². The summed E-state index contributed by atoms with van der Waals surface area (Å²) in [6.45, 7) is 0.872. The van der Waals surface area contributed by atoms with Gasteiger partial charge in [0.1, 0.15) is 0 Å². The summed E-state index contributed by atoms with van der Waals surface area (Å²) in [5.74, 6) is 1.17. The molecule has 0 atom stereocenters. The minimum Gasteiger partial charge on any atom is -0.480 e. The van der Waals surface area contributed by atoms with Crippen LogP contribution in [0.5, 0.6) is 5.88 Å². The zero-order chi connectivity index (χ0) is 12.1. The number of allylic oxidation sites excluding steroid dienone is 1. The topological polar surface area (TPSA) is 47.0 Å². The first-order chi connectivity index (χ1) is 8.29. The fraction of sp³-hybridized carbons (Fsp3) is 0.500. The number of rotatable bonds is 5. The highest BCUT2D eigenvalue weighted by Crippen LogP contribution is 2.23. The van der Waals surface area contributed by atoms with E-state index in [9.17, 15) is 0 Å². The maximum absolute atomic E-state index is 5.12. The molecule has 2 rings (SSSR count). The van der Waals surface area contributed by atoms with Gasteiger partial charge < -0.3 is 10.1 Å². The molecule has 0 bridgehead atoms. The van der Waals surface area contributed by atoms with Gasteiger partial charge in [0.25, 0.3) is 0 Å². The third-order valence-corrected chi connectivity index (χ3v) is 3.31. The van der Waals surface area contributed by atoms with E-state index >= 15 is 0 Å². The molecule has 0 saturated carbocycles. The molecule has 1 aromatic heterocycles. The van der Waals surface area contributed by atoms with E-state index in [-0.39, 0.29) is 0 Å². The standard InChI is InChI=1S/C12H16BrN3O/c1-17-11-10(13)8-15-12(16-11)14-7-6-9-4-2-3-5-9/h4,8H,2-3,5-7H2,1H3,(H,14,15,16). The van der Waals surface area contributed by atoms with E-state index in [2.05, 4.69) is 37.3 Å². The summed E-state index contributed by atoms with van der Waals surface area (Å²) in [6, 6.07) is 0. The molecule has 0 amide bonds. The van der Waals surface area contributed by atoms with Crippen molar-refractivity contribution in [2.24, 2.45) is 0 Å². The first-order valence-corrected chi connectivity index (χ1v) is 6.57. The predicted octanol–water partition coefficient (Wildman–Crippen LogP) is 3.16. The molecule has 17 heavy (non-hydrogen) atoms. The number of anilines is 1. The maximum atomic E-state index is 5.12. The third-order valence-electron chi connectivity index (χ3n) is 2.77. The van der Waals surface area contributed by atoms with Crippen molar-refractivity contribution in [1.29, 1.82) is 0 Å². The second-order valence-corrected chi connectivity index (χ2v) is 4.84. The number of hydrogen-bond donors (Lipinski definition) is 1. The molecule has 5 heteroatoms. The zero-order valence-electron chi connectivity index (χ0n) is 9.87. The summed E-state index contributed by atoms with van der Waals surface area (Å²) in [6.07, 6.45) is 8.89. The zero-order valence-corrected chi connectivity index (χ0v) is 11.5. The molecule has 0 fully saturated rings. The monoisotopic (exact) mass is 297 g/mol. The molecule has 4 nitrogen and oxygen atoms in total. The van der Waals surface area contributed by atoms with Crippen molar-refractivity contribution in [2.75, 3.05) is 19.0 Å². The fourth-order valence-electron chi connectivity index (χ4n) is 1.88. The van der Waals surface area contributed by atoms with Gasteiger partial charge in [-0.05, 0) is 41.6 Å². The molecule has 92 valence electrons. The van der Waals surface area contributed by atoms with Crippen LogP contribution in [0.25, 0.3) is 0 Å². The summed E-state index contributed by atoms with van der Waals surface area (Å²) in [5, 5.41) is 3.21. The molecule has 1 heterocycles. The van der Waals surface area contributed by atoms with Crippen LogP contribution in [0.3, 0.4) is 0 Å².